The third kappa shape index (κ3) is 2.04. The molecule has 0 aromatic carbocycles. The fraction of sp³-hybridized carbons (Fsp3) is 0.500. The van der Waals surface area contributed by atoms with E-state index >= 15 is 0 Å². The Balaban J connectivity index is 2.93. The van der Waals surface area contributed by atoms with Crippen molar-refractivity contribution in [1.82, 2.24) is 10.2 Å². The SMILES string of the molecule is CCC(=O)c1nnc(C(F)(F)F)o1. The van der Waals surface area contributed by atoms with Gasteiger partial charge in [0, 0.05) is 6.42 Å². The third-order valence-electron chi connectivity index (χ3n) is 1.23. The molecule has 0 spiro atoms. The molecular weight excluding hydrogens is 189 g/mol. The Morgan fingerprint density at radius 3 is 2.46 bits per heavy atom. The van der Waals surface area contributed by atoms with E-state index in [1.807, 2.05) is 0 Å². The largest absolute Gasteiger partial charge is 0.470 e. The zero-order valence-corrected chi connectivity index (χ0v) is 6.55. The van der Waals surface area contributed by atoms with Gasteiger partial charge in [-0.3, -0.25) is 4.79 Å². The van der Waals surface area contributed by atoms with Gasteiger partial charge in [-0.05, 0) is 0 Å². The Morgan fingerprint density at radius 2 is 2.08 bits per heavy atom. The molecule has 0 aliphatic rings. The van der Waals surface area contributed by atoms with Crippen LogP contribution in [0.5, 0.6) is 0 Å². The maximum atomic E-state index is 11.9. The lowest BCUT2D eigenvalue weighted by atomic mass is 10.3. The standard InChI is InChI=1S/C6H5F3N2O2/c1-2-3(12)4-10-11-5(13-4)6(7,8)9/h2H2,1H3. The molecule has 0 aliphatic heterocycles. The molecule has 0 saturated carbocycles. The van der Waals surface area contributed by atoms with E-state index in [1.165, 1.54) is 6.92 Å². The molecule has 1 rings (SSSR count). The first-order chi connectivity index (χ1) is 5.95. The van der Waals surface area contributed by atoms with Crippen LogP contribution in [0.4, 0.5) is 13.2 Å². The fourth-order valence-corrected chi connectivity index (χ4v) is 0.602. The topological polar surface area (TPSA) is 56.0 Å². The molecule has 72 valence electrons. The molecule has 7 heteroatoms. The monoisotopic (exact) mass is 194 g/mol. The van der Waals surface area contributed by atoms with Crippen molar-refractivity contribution in [1.29, 1.82) is 0 Å². The predicted octanol–water partition coefficient (Wildman–Crippen LogP) is 1.68. The smallest absolute Gasteiger partial charge is 0.410 e. The number of halogens is 3. The number of Topliss-reactive ketones (excluding diaryl/α,β-unsaturated/α-hetero) is 1. The number of carbonyl (C=O) groups is 1. The summed E-state index contributed by atoms with van der Waals surface area (Å²) in [6, 6.07) is 0. The predicted molar refractivity (Wildman–Crippen MR) is 33.9 cm³/mol. The van der Waals surface area contributed by atoms with Crippen LogP contribution in [0.15, 0.2) is 4.42 Å². The fourth-order valence-electron chi connectivity index (χ4n) is 0.602. The average Bonchev–Trinajstić information content (AvgIpc) is 2.50. The van der Waals surface area contributed by atoms with Gasteiger partial charge in [-0.1, -0.05) is 6.92 Å². The van der Waals surface area contributed by atoms with Crippen molar-refractivity contribution in [2.45, 2.75) is 19.5 Å². The maximum Gasteiger partial charge on any atom is 0.470 e. The number of ketones is 1. The molecule has 1 aromatic heterocycles. The molecule has 0 N–H and O–H groups in total. The van der Waals surface area contributed by atoms with E-state index in [4.69, 9.17) is 0 Å². The lowest BCUT2D eigenvalue weighted by Gasteiger charge is -1.96. The summed E-state index contributed by atoms with van der Waals surface area (Å²) in [5.41, 5.74) is 0. The molecule has 0 fully saturated rings. The minimum absolute atomic E-state index is 0.0273. The van der Waals surface area contributed by atoms with E-state index < -0.39 is 23.7 Å². The van der Waals surface area contributed by atoms with Gasteiger partial charge in [-0.2, -0.15) is 13.2 Å². The number of hydrogen-bond donors (Lipinski definition) is 0. The highest BCUT2D eigenvalue weighted by Gasteiger charge is 2.38. The van der Waals surface area contributed by atoms with Gasteiger partial charge in [0.25, 0.3) is 5.89 Å². The summed E-state index contributed by atoms with van der Waals surface area (Å²) in [6.07, 6.45) is -4.67. The molecule has 0 amide bonds. The van der Waals surface area contributed by atoms with Crippen LogP contribution in [0.3, 0.4) is 0 Å². The lowest BCUT2D eigenvalue weighted by molar-refractivity contribution is -0.157. The van der Waals surface area contributed by atoms with Crippen molar-refractivity contribution in [2.24, 2.45) is 0 Å². The van der Waals surface area contributed by atoms with Crippen molar-refractivity contribution in [3.63, 3.8) is 0 Å². The minimum Gasteiger partial charge on any atom is -0.410 e. The van der Waals surface area contributed by atoms with Crippen molar-refractivity contribution in [2.75, 3.05) is 0 Å². The summed E-state index contributed by atoms with van der Waals surface area (Å²) < 4.78 is 39.7. The first kappa shape index (κ1) is 9.69. The third-order valence-corrected chi connectivity index (χ3v) is 1.23. The van der Waals surface area contributed by atoms with Crippen LogP contribution in [0.25, 0.3) is 0 Å². The average molecular weight is 194 g/mol. The van der Waals surface area contributed by atoms with Crippen LogP contribution in [-0.2, 0) is 6.18 Å². The van der Waals surface area contributed by atoms with Crippen LogP contribution >= 0.6 is 0 Å². The van der Waals surface area contributed by atoms with Gasteiger partial charge in [-0.25, -0.2) is 0 Å². The molecule has 0 saturated heterocycles. The van der Waals surface area contributed by atoms with E-state index in [9.17, 15) is 18.0 Å². The van der Waals surface area contributed by atoms with Gasteiger partial charge >= 0.3 is 12.1 Å². The summed E-state index contributed by atoms with van der Waals surface area (Å²) in [6.45, 7) is 1.49. The van der Waals surface area contributed by atoms with Crippen LogP contribution in [0, 0.1) is 0 Å². The van der Waals surface area contributed by atoms with Gasteiger partial charge in [0.15, 0.2) is 0 Å². The minimum atomic E-state index is -4.70. The normalized spacial score (nSPS) is 11.7. The Morgan fingerprint density at radius 1 is 1.46 bits per heavy atom. The number of carbonyl (C=O) groups excluding carboxylic acids is 1. The number of alkyl halides is 3. The van der Waals surface area contributed by atoms with E-state index in [-0.39, 0.29) is 6.42 Å². The van der Waals surface area contributed by atoms with E-state index in [2.05, 4.69) is 14.6 Å². The van der Waals surface area contributed by atoms with Crippen molar-refractivity contribution < 1.29 is 22.4 Å². The number of hydrogen-bond acceptors (Lipinski definition) is 4. The van der Waals surface area contributed by atoms with Gasteiger partial charge in [0.2, 0.25) is 5.78 Å². The summed E-state index contributed by atoms with van der Waals surface area (Å²) in [5.74, 6) is -2.71. The van der Waals surface area contributed by atoms with E-state index in [0.29, 0.717) is 0 Å². The lowest BCUT2D eigenvalue weighted by Crippen LogP contribution is -2.04. The summed E-state index contributed by atoms with van der Waals surface area (Å²) in [4.78, 5) is 10.8. The highest BCUT2D eigenvalue weighted by molar-refractivity contribution is 5.91. The molecular formula is C6H5F3N2O2. The Bertz CT molecular complexity index is 318. The van der Waals surface area contributed by atoms with E-state index in [1.54, 1.807) is 0 Å². The van der Waals surface area contributed by atoms with Crippen molar-refractivity contribution in [3.8, 4) is 0 Å². The van der Waals surface area contributed by atoms with Crippen LogP contribution in [0.2, 0.25) is 0 Å². The Kier molecular flexibility index (Phi) is 2.35. The van der Waals surface area contributed by atoms with Gasteiger partial charge in [-0.15, -0.1) is 10.2 Å². The highest BCUT2D eigenvalue weighted by Crippen LogP contribution is 2.27. The molecule has 1 heterocycles. The second kappa shape index (κ2) is 3.15. The second-order valence-corrected chi connectivity index (χ2v) is 2.19. The molecule has 0 radical (unpaired) electrons. The molecule has 0 aliphatic carbocycles. The first-order valence-corrected chi connectivity index (χ1v) is 3.39. The van der Waals surface area contributed by atoms with E-state index in [0.717, 1.165) is 0 Å². The van der Waals surface area contributed by atoms with Crippen LogP contribution in [0.1, 0.15) is 29.9 Å². The number of nitrogens with zero attached hydrogens (tertiary/aromatic N) is 2. The zero-order chi connectivity index (χ0) is 10.1. The van der Waals surface area contributed by atoms with Gasteiger partial charge in [0.05, 0.1) is 0 Å². The molecule has 0 unspecified atom stereocenters. The second-order valence-electron chi connectivity index (χ2n) is 2.19. The molecule has 1 aromatic rings. The molecule has 13 heavy (non-hydrogen) atoms. The Labute approximate surface area is 70.8 Å². The summed E-state index contributed by atoms with van der Waals surface area (Å²) in [7, 11) is 0. The Hall–Kier alpha value is -1.40. The van der Waals surface area contributed by atoms with Crippen LogP contribution in [-0.4, -0.2) is 16.0 Å². The number of rotatable bonds is 2. The van der Waals surface area contributed by atoms with Crippen molar-refractivity contribution >= 4 is 5.78 Å². The first-order valence-electron chi connectivity index (χ1n) is 3.39. The highest BCUT2D eigenvalue weighted by atomic mass is 19.4. The quantitative estimate of drug-likeness (QED) is 0.672. The summed E-state index contributed by atoms with van der Waals surface area (Å²) in [5, 5.41) is 5.66. The summed E-state index contributed by atoms with van der Waals surface area (Å²) >= 11 is 0. The maximum absolute atomic E-state index is 11.9. The molecule has 0 atom stereocenters. The molecule has 0 bridgehead atoms. The molecule has 4 nitrogen and oxygen atoms in total. The van der Waals surface area contributed by atoms with Crippen LogP contribution < -0.4 is 0 Å². The zero-order valence-electron chi connectivity index (χ0n) is 6.55. The van der Waals surface area contributed by atoms with Gasteiger partial charge < -0.3 is 4.42 Å². The van der Waals surface area contributed by atoms with Gasteiger partial charge in [0.1, 0.15) is 0 Å². The number of aromatic nitrogens is 2. The van der Waals surface area contributed by atoms with Crippen molar-refractivity contribution in [3.05, 3.63) is 11.8 Å².